The number of azo groups is 1. The molecule has 138 valence electrons. The summed E-state index contributed by atoms with van der Waals surface area (Å²) in [4.78, 5) is 7.62. The fourth-order valence-corrected chi connectivity index (χ4v) is 2.32. The van der Waals surface area contributed by atoms with Gasteiger partial charge >= 0.3 is 6.18 Å². The Labute approximate surface area is 152 Å². The van der Waals surface area contributed by atoms with Crippen LogP contribution in [0.3, 0.4) is 0 Å². The summed E-state index contributed by atoms with van der Waals surface area (Å²) >= 11 is 0. The van der Waals surface area contributed by atoms with Gasteiger partial charge in [-0.25, -0.2) is 9.97 Å². The van der Waals surface area contributed by atoms with Crippen LogP contribution in [0.2, 0.25) is 0 Å². The van der Waals surface area contributed by atoms with Crippen LogP contribution in [0.25, 0.3) is 11.4 Å². The molecule has 2 aromatic carbocycles. The number of anilines is 1. The lowest BCUT2D eigenvalue weighted by Crippen LogP contribution is -2.12. The summed E-state index contributed by atoms with van der Waals surface area (Å²) in [6.07, 6.45) is -4.79. The van der Waals surface area contributed by atoms with Crippen molar-refractivity contribution in [3.8, 4) is 17.1 Å². The minimum atomic E-state index is -4.79. The van der Waals surface area contributed by atoms with Gasteiger partial charge in [-0.2, -0.15) is 18.3 Å². The molecule has 0 unspecified atom stereocenters. The Bertz CT molecular complexity index is 974. The van der Waals surface area contributed by atoms with E-state index >= 15 is 0 Å². The Kier molecular flexibility index (Phi) is 5.02. The topological polar surface area (TPSA) is 85.8 Å². The third-order valence-electron chi connectivity index (χ3n) is 3.55. The summed E-state index contributed by atoms with van der Waals surface area (Å²) in [6, 6.07) is 14.7. The fourth-order valence-electron chi connectivity index (χ4n) is 2.32. The average molecular weight is 373 g/mol. The van der Waals surface area contributed by atoms with Crippen molar-refractivity contribution in [2.24, 2.45) is 10.2 Å². The summed E-state index contributed by atoms with van der Waals surface area (Å²) in [5.41, 5.74) is 4.52. The highest BCUT2D eigenvalue weighted by Gasteiger charge is 2.38. The minimum absolute atomic E-state index is 0.212. The van der Waals surface area contributed by atoms with Gasteiger partial charge in [0, 0.05) is 0 Å². The van der Waals surface area contributed by atoms with E-state index in [2.05, 4.69) is 20.2 Å². The maximum Gasteiger partial charge on any atom is 0.435 e. The van der Waals surface area contributed by atoms with Gasteiger partial charge < -0.3 is 10.5 Å². The van der Waals surface area contributed by atoms with Crippen LogP contribution in [0.4, 0.5) is 30.4 Å². The number of methoxy groups -OCH3 is 1. The standard InChI is InChI=1S/C18H14F3N5O/c1-27-13-10-6-5-9-12(13)17-23-15(18(19,20)21)14(16(22)24-17)26-25-11-7-3-2-4-8-11/h2-10H,1H3,(H2,22,23,24). The Hall–Kier alpha value is -3.49. The van der Waals surface area contributed by atoms with Crippen molar-refractivity contribution in [2.75, 3.05) is 12.8 Å². The van der Waals surface area contributed by atoms with Crippen molar-refractivity contribution >= 4 is 17.2 Å². The third-order valence-corrected chi connectivity index (χ3v) is 3.55. The van der Waals surface area contributed by atoms with Gasteiger partial charge in [0.05, 0.1) is 18.4 Å². The van der Waals surface area contributed by atoms with E-state index in [1.807, 2.05) is 0 Å². The first-order valence-electron chi connectivity index (χ1n) is 7.75. The van der Waals surface area contributed by atoms with E-state index in [-0.39, 0.29) is 11.4 Å². The van der Waals surface area contributed by atoms with Crippen LogP contribution >= 0.6 is 0 Å². The summed E-state index contributed by atoms with van der Waals surface area (Å²) in [5.74, 6) is -0.322. The number of benzene rings is 2. The second-order valence-electron chi connectivity index (χ2n) is 5.36. The quantitative estimate of drug-likeness (QED) is 0.639. The highest BCUT2D eigenvalue weighted by Crippen LogP contribution is 2.40. The minimum Gasteiger partial charge on any atom is -0.496 e. The highest BCUT2D eigenvalue weighted by atomic mass is 19.4. The van der Waals surface area contributed by atoms with Crippen molar-refractivity contribution in [2.45, 2.75) is 6.18 Å². The SMILES string of the molecule is COc1ccccc1-c1nc(N)c(N=Nc2ccccc2)c(C(F)(F)F)n1. The van der Waals surface area contributed by atoms with Crippen molar-refractivity contribution in [1.82, 2.24) is 9.97 Å². The molecule has 9 heteroatoms. The molecule has 3 rings (SSSR count). The molecule has 0 saturated carbocycles. The highest BCUT2D eigenvalue weighted by molar-refractivity contribution is 5.70. The molecule has 1 aromatic heterocycles. The van der Waals surface area contributed by atoms with Crippen LogP contribution in [0, 0.1) is 0 Å². The molecule has 6 nitrogen and oxygen atoms in total. The molecular formula is C18H14F3N5O. The number of alkyl halides is 3. The van der Waals surface area contributed by atoms with E-state index in [4.69, 9.17) is 10.5 Å². The van der Waals surface area contributed by atoms with Crippen LogP contribution in [0.5, 0.6) is 5.75 Å². The lowest BCUT2D eigenvalue weighted by molar-refractivity contribution is -0.140. The predicted octanol–water partition coefficient (Wildman–Crippen LogP) is 5.17. The van der Waals surface area contributed by atoms with Crippen molar-refractivity contribution in [1.29, 1.82) is 0 Å². The fraction of sp³-hybridized carbons (Fsp3) is 0.111. The number of nitrogen functional groups attached to an aromatic ring is 1. The first-order chi connectivity index (χ1) is 12.9. The zero-order valence-electron chi connectivity index (χ0n) is 14.1. The first kappa shape index (κ1) is 18.3. The number of ether oxygens (including phenoxy) is 1. The van der Waals surface area contributed by atoms with Gasteiger partial charge in [0.25, 0.3) is 0 Å². The van der Waals surface area contributed by atoms with Crippen LogP contribution in [0.15, 0.2) is 64.8 Å². The van der Waals surface area contributed by atoms with Crippen LogP contribution in [0.1, 0.15) is 5.69 Å². The number of para-hydroxylation sites is 1. The first-order valence-corrected chi connectivity index (χ1v) is 7.75. The number of aromatic nitrogens is 2. The molecule has 0 amide bonds. The van der Waals surface area contributed by atoms with E-state index in [1.54, 1.807) is 54.6 Å². The third kappa shape index (κ3) is 4.02. The molecule has 27 heavy (non-hydrogen) atoms. The molecule has 0 spiro atoms. The molecule has 2 N–H and O–H groups in total. The summed E-state index contributed by atoms with van der Waals surface area (Å²) in [7, 11) is 1.40. The van der Waals surface area contributed by atoms with E-state index in [0.29, 0.717) is 11.4 Å². The van der Waals surface area contributed by atoms with Crippen LogP contribution in [-0.4, -0.2) is 17.1 Å². The smallest absolute Gasteiger partial charge is 0.435 e. The van der Waals surface area contributed by atoms with Crippen LogP contribution < -0.4 is 10.5 Å². The van der Waals surface area contributed by atoms with E-state index in [1.165, 1.54) is 7.11 Å². The lowest BCUT2D eigenvalue weighted by atomic mass is 10.1. The number of rotatable bonds is 4. The molecule has 0 radical (unpaired) electrons. The van der Waals surface area contributed by atoms with Gasteiger partial charge in [0.2, 0.25) is 0 Å². The molecule has 3 aromatic rings. The van der Waals surface area contributed by atoms with Gasteiger partial charge in [-0.3, -0.25) is 0 Å². The largest absolute Gasteiger partial charge is 0.496 e. The Morgan fingerprint density at radius 1 is 0.926 bits per heavy atom. The Morgan fingerprint density at radius 2 is 1.59 bits per heavy atom. The molecule has 0 aliphatic heterocycles. The number of hydrogen-bond donors (Lipinski definition) is 1. The van der Waals surface area contributed by atoms with Gasteiger partial charge in [-0.1, -0.05) is 30.3 Å². The molecule has 0 fully saturated rings. The number of nitrogens with zero attached hydrogens (tertiary/aromatic N) is 4. The van der Waals surface area contributed by atoms with Crippen molar-refractivity contribution in [3.63, 3.8) is 0 Å². The van der Waals surface area contributed by atoms with Crippen LogP contribution in [-0.2, 0) is 6.18 Å². The number of nitrogens with two attached hydrogens (primary N) is 1. The summed E-state index contributed by atoms with van der Waals surface area (Å²) in [6.45, 7) is 0. The number of hydrogen-bond acceptors (Lipinski definition) is 6. The summed E-state index contributed by atoms with van der Waals surface area (Å²) < 4.78 is 45.8. The molecule has 0 aliphatic rings. The molecule has 1 heterocycles. The molecule has 0 atom stereocenters. The monoisotopic (exact) mass is 373 g/mol. The molecule has 0 saturated heterocycles. The maximum absolute atomic E-state index is 13.6. The normalized spacial score (nSPS) is 11.7. The van der Waals surface area contributed by atoms with Gasteiger partial charge in [0.15, 0.2) is 23.0 Å². The van der Waals surface area contributed by atoms with E-state index < -0.39 is 23.4 Å². The average Bonchev–Trinajstić information content (AvgIpc) is 2.66. The second kappa shape index (κ2) is 7.40. The van der Waals surface area contributed by atoms with Crippen molar-refractivity contribution < 1.29 is 17.9 Å². The van der Waals surface area contributed by atoms with E-state index in [9.17, 15) is 13.2 Å². The summed E-state index contributed by atoms with van der Waals surface area (Å²) in [5, 5.41) is 7.43. The zero-order valence-corrected chi connectivity index (χ0v) is 14.1. The Morgan fingerprint density at radius 3 is 2.26 bits per heavy atom. The molecule has 0 aliphatic carbocycles. The molecule has 0 bridgehead atoms. The molecular weight excluding hydrogens is 359 g/mol. The van der Waals surface area contributed by atoms with Gasteiger partial charge in [-0.05, 0) is 24.3 Å². The predicted molar refractivity (Wildman–Crippen MR) is 94.1 cm³/mol. The van der Waals surface area contributed by atoms with Gasteiger partial charge in [0.1, 0.15) is 5.75 Å². The zero-order chi connectivity index (χ0) is 19.4. The second-order valence-corrected chi connectivity index (χ2v) is 5.36. The van der Waals surface area contributed by atoms with E-state index in [0.717, 1.165) is 0 Å². The lowest BCUT2D eigenvalue weighted by Gasteiger charge is -2.13. The number of halogens is 3. The van der Waals surface area contributed by atoms with Crippen molar-refractivity contribution in [3.05, 3.63) is 60.3 Å². The Balaban J connectivity index is 2.14. The van der Waals surface area contributed by atoms with Gasteiger partial charge in [-0.15, -0.1) is 5.11 Å². The maximum atomic E-state index is 13.6.